The summed E-state index contributed by atoms with van der Waals surface area (Å²) in [7, 11) is 0. The Morgan fingerprint density at radius 1 is 1.30 bits per heavy atom. The highest BCUT2D eigenvalue weighted by Gasteiger charge is 2.43. The van der Waals surface area contributed by atoms with E-state index in [1.165, 1.54) is 24.2 Å². The molecule has 2 unspecified atom stereocenters. The van der Waals surface area contributed by atoms with Crippen molar-refractivity contribution in [2.24, 2.45) is 11.8 Å². The lowest BCUT2D eigenvalue weighted by atomic mass is 9.75. The van der Waals surface area contributed by atoms with Crippen molar-refractivity contribution in [2.75, 3.05) is 0 Å². The Labute approximate surface area is 135 Å². The van der Waals surface area contributed by atoms with E-state index in [9.17, 15) is 9.59 Å². The fraction of sp³-hybridized carbons (Fsp3) is 0.571. The molecule has 2 aliphatic rings. The number of carbonyl (C=O) groups excluding carboxylic acids is 2. The number of amides is 2. The molecule has 2 heterocycles. The third-order valence-corrected chi connectivity index (χ3v) is 6.95. The quantitative estimate of drug-likeness (QED) is 0.790. The van der Waals surface area contributed by atoms with Crippen LogP contribution < -0.4 is 5.32 Å². The van der Waals surface area contributed by atoms with Gasteiger partial charge in [0.2, 0.25) is 11.8 Å². The predicted molar refractivity (Wildman–Crippen MR) is 83.0 cm³/mol. The molecular weight excluding hydrogens is 362 g/mol. The Bertz CT molecular complexity index is 534. The number of carbonyl (C=O) groups is 2. The van der Waals surface area contributed by atoms with Crippen LogP contribution in [0.1, 0.15) is 42.9 Å². The molecule has 0 radical (unpaired) electrons. The van der Waals surface area contributed by atoms with Gasteiger partial charge in [-0.1, -0.05) is 24.4 Å². The number of rotatable bonds is 2. The second kappa shape index (κ2) is 5.78. The van der Waals surface area contributed by atoms with E-state index in [-0.39, 0.29) is 23.7 Å². The van der Waals surface area contributed by atoms with Gasteiger partial charge in [-0.05, 0) is 40.8 Å². The van der Waals surface area contributed by atoms with Gasteiger partial charge < -0.3 is 0 Å². The molecule has 1 saturated heterocycles. The van der Waals surface area contributed by atoms with Crippen molar-refractivity contribution in [3.63, 3.8) is 0 Å². The average molecular weight is 377 g/mol. The normalized spacial score (nSPS) is 27.9. The Kier molecular flexibility index (Phi) is 4.20. The zero-order valence-electron chi connectivity index (χ0n) is 10.8. The van der Waals surface area contributed by atoms with Gasteiger partial charge >= 0.3 is 0 Å². The van der Waals surface area contributed by atoms with Gasteiger partial charge in [0, 0.05) is 27.6 Å². The molecule has 1 aliphatic heterocycles. The zero-order chi connectivity index (χ0) is 14.3. The first-order valence-corrected chi connectivity index (χ1v) is 8.83. The first-order valence-electron chi connectivity index (χ1n) is 6.84. The van der Waals surface area contributed by atoms with E-state index in [0.717, 1.165) is 22.2 Å². The smallest absolute Gasteiger partial charge is 0.230 e. The monoisotopic (exact) mass is 375 g/mol. The van der Waals surface area contributed by atoms with Crippen LogP contribution in [0.15, 0.2) is 10.5 Å². The van der Waals surface area contributed by atoms with Crippen LogP contribution in [0.25, 0.3) is 0 Å². The first-order chi connectivity index (χ1) is 9.56. The SMILES string of the molecule is O=C1CC(c2cc(Br)c(Cl)s2)C(C2CCCC2)C(=O)N1. The molecule has 1 aliphatic carbocycles. The van der Waals surface area contributed by atoms with Gasteiger partial charge in [-0.15, -0.1) is 11.3 Å². The standard InChI is InChI=1S/C14H15BrClNO2S/c15-9-6-10(20-13(9)16)8-5-11(18)17-14(19)12(8)7-3-1-2-4-7/h6-8,12H,1-5H2,(H,17,18,19). The van der Waals surface area contributed by atoms with Crippen LogP contribution in [0, 0.1) is 11.8 Å². The van der Waals surface area contributed by atoms with Crippen LogP contribution in [0.2, 0.25) is 4.34 Å². The minimum Gasteiger partial charge on any atom is -0.296 e. The summed E-state index contributed by atoms with van der Waals surface area (Å²) in [6.07, 6.45) is 4.93. The third-order valence-electron chi connectivity index (χ3n) is 4.34. The molecule has 20 heavy (non-hydrogen) atoms. The summed E-state index contributed by atoms with van der Waals surface area (Å²) in [5.41, 5.74) is 0. The number of piperidine rings is 1. The molecule has 2 atom stereocenters. The van der Waals surface area contributed by atoms with Crippen LogP contribution in [-0.2, 0) is 9.59 Å². The van der Waals surface area contributed by atoms with Gasteiger partial charge in [0.1, 0.15) is 4.34 Å². The Hall–Kier alpha value is -0.390. The lowest BCUT2D eigenvalue weighted by Crippen LogP contribution is -2.47. The van der Waals surface area contributed by atoms with E-state index in [1.54, 1.807) is 0 Å². The maximum absolute atomic E-state index is 12.3. The fourth-order valence-corrected chi connectivity index (χ4v) is 5.35. The minimum atomic E-state index is -0.171. The maximum atomic E-state index is 12.3. The molecule has 108 valence electrons. The number of hydrogen-bond donors (Lipinski definition) is 1. The lowest BCUT2D eigenvalue weighted by Gasteiger charge is -2.33. The minimum absolute atomic E-state index is 0.0202. The van der Waals surface area contributed by atoms with Crippen molar-refractivity contribution < 1.29 is 9.59 Å². The highest BCUT2D eigenvalue weighted by Crippen LogP contribution is 2.46. The van der Waals surface area contributed by atoms with E-state index < -0.39 is 0 Å². The number of imide groups is 1. The van der Waals surface area contributed by atoms with E-state index in [4.69, 9.17) is 11.6 Å². The van der Waals surface area contributed by atoms with Gasteiger partial charge in [-0.3, -0.25) is 14.9 Å². The summed E-state index contributed by atoms with van der Waals surface area (Å²) in [5, 5.41) is 2.51. The van der Waals surface area contributed by atoms with E-state index in [1.807, 2.05) is 6.07 Å². The highest BCUT2D eigenvalue weighted by molar-refractivity contribution is 9.10. The van der Waals surface area contributed by atoms with Gasteiger partial charge in [-0.25, -0.2) is 0 Å². The molecule has 0 spiro atoms. The van der Waals surface area contributed by atoms with Crippen LogP contribution in [0.3, 0.4) is 0 Å². The van der Waals surface area contributed by atoms with Crippen molar-refractivity contribution in [1.82, 2.24) is 5.32 Å². The number of hydrogen-bond acceptors (Lipinski definition) is 3. The van der Waals surface area contributed by atoms with Gasteiger partial charge in [0.15, 0.2) is 0 Å². The fourth-order valence-electron chi connectivity index (χ4n) is 3.46. The van der Waals surface area contributed by atoms with Crippen molar-refractivity contribution in [3.05, 3.63) is 19.8 Å². The molecule has 6 heteroatoms. The Balaban J connectivity index is 1.94. The van der Waals surface area contributed by atoms with Crippen LogP contribution in [0.5, 0.6) is 0 Å². The maximum Gasteiger partial charge on any atom is 0.230 e. The summed E-state index contributed by atoms with van der Waals surface area (Å²) in [5.74, 6) is 0.0198. The predicted octanol–water partition coefficient (Wildman–Crippen LogP) is 4.10. The average Bonchev–Trinajstić information content (AvgIpc) is 2.99. The molecule has 3 rings (SSSR count). The molecule has 3 nitrogen and oxygen atoms in total. The molecule has 2 fully saturated rings. The van der Waals surface area contributed by atoms with E-state index in [2.05, 4.69) is 21.2 Å². The largest absolute Gasteiger partial charge is 0.296 e. The number of halogens is 2. The van der Waals surface area contributed by atoms with Gasteiger partial charge in [-0.2, -0.15) is 0 Å². The second-order valence-corrected chi connectivity index (χ2v) is 8.10. The third kappa shape index (κ3) is 2.68. The van der Waals surface area contributed by atoms with E-state index in [0.29, 0.717) is 16.7 Å². The molecule has 2 amide bonds. The molecule has 1 N–H and O–H groups in total. The zero-order valence-corrected chi connectivity index (χ0v) is 14.0. The van der Waals surface area contributed by atoms with Crippen LogP contribution in [-0.4, -0.2) is 11.8 Å². The van der Waals surface area contributed by atoms with Crippen LogP contribution in [0.4, 0.5) is 0 Å². The lowest BCUT2D eigenvalue weighted by molar-refractivity contribution is -0.138. The summed E-state index contributed by atoms with van der Waals surface area (Å²) in [6, 6.07) is 1.96. The summed E-state index contributed by atoms with van der Waals surface area (Å²) < 4.78 is 1.53. The molecule has 1 aromatic rings. The molecule has 0 bridgehead atoms. The summed E-state index contributed by atoms with van der Waals surface area (Å²) in [4.78, 5) is 25.1. The van der Waals surface area contributed by atoms with Gasteiger partial charge in [0.25, 0.3) is 0 Å². The van der Waals surface area contributed by atoms with Gasteiger partial charge in [0.05, 0.1) is 0 Å². The molecule has 1 saturated carbocycles. The number of thiophene rings is 1. The number of nitrogens with one attached hydrogen (secondary N) is 1. The summed E-state index contributed by atoms with van der Waals surface area (Å²) >= 11 is 11.0. The first kappa shape index (κ1) is 14.5. The van der Waals surface area contributed by atoms with Crippen molar-refractivity contribution in [3.8, 4) is 0 Å². The van der Waals surface area contributed by atoms with Crippen molar-refractivity contribution >= 4 is 50.7 Å². The topological polar surface area (TPSA) is 46.2 Å². The molecule has 1 aromatic heterocycles. The van der Waals surface area contributed by atoms with Crippen molar-refractivity contribution in [1.29, 1.82) is 0 Å². The van der Waals surface area contributed by atoms with Crippen molar-refractivity contribution in [2.45, 2.75) is 38.0 Å². The molecular formula is C14H15BrClNO2S. The Morgan fingerprint density at radius 2 is 2.00 bits per heavy atom. The highest BCUT2D eigenvalue weighted by atomic mass is 79.9. The van der Waals surface area contributed by atoms with Crippen LogP contribution >= 0.6 is 38.9 Å². The Morgan fingerprint density at radius 3 is 2.60 bits per heavy atom. The summed E-state index contributed by atoms with van der Waals surface area (Å²) in [6.45, 7) is 0. The van der Waals surface area contributed by atoms with E-state index >= 15 is 0 Å². The second-order valence-electron chi connectivity index (χ2n) is 5.56. The molecule has 0 aromatic carbocycles.